The van der Waals surface area contributed by atoms with Crippen molar-refractivity contribution < 1.29 is 4.42 Å². The van der Waals surface area contributed by atoms with Crippen LogP contribution in [0.25, 0.3) is 0 Å². The van der Waals surface area contributed by atoms with Crippen LogP contribution in [0.3, 0.4) is 0 Å². The Balaban J connectivity index is 1.58. The van der Waals surface area contributed by atoms with Gasteiger partial charge < -0.3 is 9.73 Å². The zero-order valence-corrected chi connectivity index (χ0v) is 11.8. The Hall–Kier alpha value is -2.21. The summed E-state index contributed by atoms with van der Waals surface area (Å²) in [6, 6.07) is 12.1. The molecule has 0 unspecified atom stereocenters. The molecular weight excluding hydrogens is 272 g/mol. The van der Waals surface area contributed by atoms with Gasteiger partial charge >= 0.3 is 0 Å². The van der Waals surface area contributed by atoms with Crippen LogP contribution in [0.4, 0.5) is 5.69 Å². The van der Waals surface area contributed by atoms with Gasteiger partial charge in [0, 0.05) is 10.6 Å². The molecule has 0 aliphatic carbocycles. The molecule has 0 radical (unpaired) electrons. The van der Waals surface area contributed by atoms with Crippen molar-refractivity contribution >= 4 is 17.4 Å². The third-order valence-electron chi connectivity index (χ3n) is 2.72. The molecule has 0 saturated heterocycles. The molecule has 6 heteroatoms. The molecule has 0 saturated carbocycles. The highest BCUT2D eigenvalue weighted by molar-refractivity contribution is 7.99. The fourth-order valence-electron chi connectivity index (χ4n) is 1.77. The molecule has 0 amide bonds. The maximum atomic E-state index is 5.51. The molecule has 5 nitrogen and oxygen atoms in total. The second-order valence-corrected chi connectivity index (χ2v) is 5.35. The number of aromatic amines is 1. The van der Waals surface area contributed by atoms with E-state index in [1.807, 2.05) is 43.3 Å². The van der Waals surface area contributed by atoms with Gasteiger partial charge in [-0.25, -0.2) is 4.98 Å². The molecule has 2 aromatic heterocycles. The van der Waals surface area contributed by atoms with Crippen LogP contribution >= 0.6 is 11.8 Å². The lowest BCUT2D eigenvalue weighted by atomic mass is 10.3. The number of nitrogens with zero attached hydrogens (tertiary/aromatic N) is 2. The number of benzene rings is 1. The Kier molecular flexibility index (Phi) is 3.73. The minimum atomic E-state index is 0.683. The Labute approximate surface area is 120 Å². The number of aromatic nitrogens is 3. The van der Waals surface area contributed by atoms with Crippen LogP contribution in [0.15, 0.2) is 57.2 Å². The standard InChI is InChI=1S/C14H14N4OS/c1-10-2-5-12(19-10)8-15-11-3-6-13(7-4-11)20-14-16-9-17-18-14/h2-7,9,15H,8H2,1H3,(H,16,17,18). The van der Waals surface area contributed by atoms with Crippen molar-refractivity contribution in [1.29, 1.82) is 0 Å². The number of furan rings is 1. The number of rotatable bonds is 5. The second-order valence-electron chi connectivity index (χ2n) is 4.28. The highest BCUT2D eigenvalue weighted by atomic mass is 32.2. The van der Waals surface area contributed by atoms with E-state index in [9.17, 15) is 0 Å². The van der Waals surface area contributed by atoms with Crippen LogP contribution in [-0.4, -0.2) is 15.2 Å². The van der Waals surface area contributed by atoms with Crippen molar-refractivity contribution in [2.45, 2.75) is 23.5 Å². The summed E-state index contributed by atoms with van der Waals surface area (Å²) in [4.78, 5) is 5.19. The van der Waals surface area contributed by atoms with E-state index in [1.54, 1.807) is 11.8 Å². The minimum Gasteiger partial charge on any atom is -0.465 e. The highest BCUT2D eigenvalue weighted by Crippen LogP contribution is 2.25. The van der Waals surface area contributed by atoms with Crippen LogP contribution in [0.5, 0.6) is 0 Å². The summed E-state index contributed by atoms with van der Waals surface area (Å²) in [6.45, 7) is 2.63. The van der Waals surface area contributed by atoms with Crippen molar-refractivity contribution in [2.24, 2.45) is 0 Å². The fourth-order valence-corrected chi connectivity index (χ4v) is 2.46. The molecule has 0 spiro atoms. The van der Waals surface area contributed by atoms with Gasteiger partial charge in [0.2, 0.25) is 0 Å². The summed E-state index contributed by atoms with van der Waals surface area (Å²) >= 11 is 1.55. The predicted octanol–water partition coefficient (Wildman–Crippen LogP) is 3.47. The first kappa shape index (κ1) is 12.8. The highest BCUT2D eigenvalue weighted by Gasteiger charge is 2.01. The Morgan fingerprint density at radius 1 is 1.20 bits per heavy atom. The summed E-state index contributed by atoms with van der Waals surface area (Å²) in [6.07, 6.45) is 1.50. The van der Waals surface area contributed by atoms with E-state index in [4.69, 9.17) is 4.42 Å². The van der Waals surface area contributed by atoms with E-state index in [2.05, 4.69) is 20.5 Å². The summed E-state index contributed by atoms with van der Waals surface area (Å²) in [5.41, 5.74) is 1.06. The van der Waals surface area contributed by atoms with Gasteiger partial charge in [-0.05, 0) is 43.3 Å². The van der Waals surface area contributed by atoms with Gasteiger partial charge in [0.05, 0.1) is 6.54 Å². The van der Waals surface area contributed by atoms with Crippen molar-refractivity contribution in [2.75, 3.05) is 5.32 Å². The Morgan fingerprint density at radius 3 is 2.70 bits per heavy atom. The second kappa shape index (κ2) is 5.83. The van der Waals surface area contributed by atoms with E-state index in [-0.39, 0.29) is 0 Å². The van der Waals surface area contributed by atoms with E-state index in [0.717, 1.165) is 27.3 Å². The molecule has 0 atom stereocenters. The minimum absolute atomic E-state index is 0.683. The van der Waals surface area contributed by atoms with E-state index in [0.29, 0.717) is 6.54 Å². The third kappa shape index (κ3) is 3.21. The van der Waals surface area contributed by atoms with Gasteiger partial charge in [-0.15, -0.1) is 0 Å². The zero-order valence-electron chi connectivity index (χ0n) is 11.0. The monoisotopic (exact) mass is 286 g/mol. The average molecular weight is 286 g/mol. The maximum absolute atomic E-state index is 5.51. The molecule has 3 rings (SSSR count). The lowest BCUT2D eigenvalue weighted by Crippen LogP contribution is -1.97. The van der Waals surface area contributed by atoms with Crippen molar-refractivity contribution in [3.05, 3.63) is 54.2 Å². The van der Waals surface area contributed by atoms with Gasteiger partial charge in [-0.1, -0.05) is 11.8 Å². The smallest absolute Gasteiger partial charge is 0.188 e. The molecular formula is C14H14N4OS. The lowest BCUT2D eigenvalue weighted by molar-refractivity contribution is 0.490. The molecule has 0 fully saturated rings. The molecule has 3 aromatic rings. The quantitative estimate of drug-likeness (QED) is 0.751. The van der Waals surface area contributed by atoms with Crippen molar-refractivity contribution in [3.8, 4) is 0 Å². The SMILES string of the molecule is Cc1ccc(CNc2ccc(Sc3ncn[nH]3)cc2)o1. The maximum Gasteiger partial charge on any atom is 0.188 e. The molecule has 2 N–H and O–H groups in total. The van der Waals surface area contributed by atoms with E-state index in [1.165, 1.54) is 6.33 Å². The molecule has 1 aromatic carbocycles. The number of anilines is 1. The largest absolute Gasteiger partial charge is 0.465 e. The lowest BCUT2D eigenvalue weighted by Gasteiger charge is -2.05. The number of H-pyrrole nitrogens is 1. The Morgan fingerprint density at radius 2 is 2.05 bits per heavy atom. The summed E-state index contributed by atoms with van der Waals surface area (Å²) in [5, 5.41) is 10.8. The third-order valence-corrected chi connectivity index (χ3v) is 3.62. The fraction of sp³-hybridized carbons (Fsp3) is 0.143. The predicted molar refractivity (Wildman–Crippen MR) is 77.7 cm³/mol. The van der Waals surface area contributed by atoms with Gasteiger partial charge in [-0.2, -0.15) is 5.10 Å². The number of aryl methyl sites for hydroxylation is 1. The first-order valence-electron chi connectivity index (χ1n) is 6.22. The molecule has 20 heavy (non-hydrogen) atoms. The first-order valence-corrected chi connectivity index (χ1v) is 7.04. The topological polar surface area (TPSA) is 66.7 Å². The zero-order chi connectivity index (χ0) is 13.8. The van der Waals surface area contributed by atoms with Crippen molar-refractivity contribution in [1.82, 2.24) is 15.2 Å². The molecule has 0 aliphatic heterocycles. The average Bonchev–Trinajstić information content (AvgIpc) is 3.10. The van der Waals surface area contributed by atoms with Crippen LogP contribution < -0.4 is 5.32 Å². The van der Waals surface area contributed by atoms with Gasteiger partial charge in [0.25, 0.3) is 0 Å². The van der Waals surface area contributed by atoms with E-state index >= 15 is 0 Å². The molecule has 102 valence electrons. The summed E-state index contributed by atoms with van der Waals surface area (Å²) in [7, 11) is 0. The molecule has 2 heterocycles. The first-order chi connectivity index (χ1) is 9.79. The van der Waals surface area contributed by atoms with Gasteiger partial charge in [0.15, 0.2) is 5.16 Å². The number of hydrogen-bond acceptors (Lipinski definition) is 5. The molecule has 0 aliphatic rings. The van der Waals surface area contributed by atoms with Crippen LogP contribution in [0, 0.1) is 6.92 Å². The Bertz CT molecular complexity index is 661. The number of nitrogens with one attached hydrogen (secondary N) is 2. The van der Waals surface area contributed by atoms with Crippen LogP contribution in [0.1, 0.15) is 11.5 Å². The van der Waals surface area contributed by atoms with Crippen LogP contribution in [0.2, 0.25) is 0 Å². The van der Waals surface area contributed by atoms with E-state index < -0.39 is 0 Å². The normalized spacial score (nSPS) is 10.7. The number of hydrogen-bond donors (Lipinski definition) is 2. The summed E-state index contributed by atoms with van der Waals surface area (Å²) < 4.78 is 5.51. The van der Waals surface area contributed by atoms with Crippen LogP contribution in [-0.2, 0) is 6.54 Å². The summed E-state index contributed by atoms with van der Waals surface area (Å²) in [5.74, 6) is 1.86. The molecule has 0 bridgehead atoms. The van der Waals surface area contributed by atoms with Gasteiger partial charge in [-0.3, -0.25) is 5.10 Å². The van der Waals surface area contributed by atoms with Gasteiger partial charge in [0.1, 0.15) is 17.8 Å². The van der Waals surface area contributed by atoms with Crippen molar-refractivity contribution in [3.63, 3.8) is 0 Å².